The molecule has 0 radical (unpaired) electrons. The number of aryl methyl sites for hydroxylation is 1. The first-order valence-electron chi connectivity index (χ1n) is 7.23. The molecule has 2 rings (SSSR count). The van der Waals surface area contributed by atoms with Gasteiger partial charge in [-0.15, -0.1) is 0 Å². The summed E-state index contributed by atoms with van der Waals surface area (Å²) in [5, 5.41) is 9.09. The van der Waals surface area contributed by atoms with Crippen LogP contribution in [-0.4, -0.2) is 28.2 Å². The van der Waals surface area contributed by atoms with Crippen LogP contribution in [0.4, 0.5) is 11.5 Å². The minimum absolute atomic E-state index is 0.0751. The maximum atomic E-state index is 12.5. The third kappa shape index (κ3) is 4.86. The van der Waals surface area contributed by atoms with Crippen LogP contribution in [-0.2, 0) is 4.79 Å². The van der Waals surface area contributed by atoms with Crippen LogP contribution in [0.1, 0.15) is 12.0 Å². The molecule has 1 heterocycles. The van der Waals surface area contributed by atoms with Gasteiger partial charge in [0.05, 0.1) is 18.2 Å². The quantitative estimate of drug-likeness (QED) is 0.609. The molecule has 2 aromatic rings. The van der Waals surface area contributed by atoms with Crippen LogP contribution in [0.2, 0.25) is 0 Å². The van der Waals surface area contributed by atoms with E-state index in [0.717, 1.165) is 23.0 Å². The summed E-state index contributed by atoms with van der Waals surface area (Å²) < 4.78 is 0. The van der Waals surface area contributed by atoms with Crippen molar-refractivity contribution >= 4 is 29.2 Å². The third-order valence-corrected chi connectivity index (χ3v) is 4.02. The van der Waals surface area contributed by atoms with E-state index >= 15 is 0 Å². The lowest BCUT2D eigenvalue weighted by Gasteiger charge is -2.21. The van der Waals surface area contributed by atoms with Crippen molar-refractivity contribution in [1.82, 2.24) is 9.97 Å². The van der Waals surface area contributed by atoms with E-state index in [1.807, 2.05) is 37.3 Å². The molecule has 0 unspecified atom stereocenters. The molecule has 0 aliphatic heterocycles. The molecule has 8 heteroatoms. The molecule has 0 saturated heterocycles. The molecule has 1 aromatic heterocycles. The van der Waals surface area contributed by atoms with E-state index in [-0.39, 0.29) is 34.6 Å². The SMILES string of the molecule is Cc1ccc(N(CCC#N)C(=O)CSc2nc(N)cc(=O)[nH]2)cc1. The fourth-order valence-electron chi connectivity index (χ4n) is 2.01. The largest absolute Gasteiger partial charge is 0.383 e. The van der Waals surface area contributed by atoms with E-state index < -0.39 is 0 Å². The Hall–Kier alpha value is -2.79. The van der Waals surface area contributed by atoms with E-state index in [1.54, 1.807) is 4.90 Å². The van der Waals surface area contributed by atoms with Crippen LogP contribution >= 0.6 is 11.8 Å². The van der Waals surface area contributed by atoms with Crippen LogP contribution < -0.4 is 16.2 Å². The lowest BCUT2D eigenvalue weighted by molar-refractivity contribution is -0.116. The highest BCUT2D eigenvalue weighted by atomic mass is 32.2. The Kier molecular flexibility index (Phi) is 5.98. The van der Waals surface area contributed by atoms with Crippen molar-refractivity contribution in [3.05, 3.63) is 46.2 Å². The Bertz CT molecular complexity index is 810. The second kappa shape index (κ2) is 8.17. The number of hydrogen-bond donors (Lipinski definition) is 2. The Morgan fingerprint density at radius 2 is 2.12 bits per heavy atom. The monoisotopic (exact) mass is 343 g/mol. The molecule has 0 fully saturated rings. The molecule has 0 spiro atoms. The number of H-pyrrole nitrogens is 1. The molecule has 0 atom stereocenters. The Morgan fingerprint density at radius 1 is 1.42 bits per heavy atom. The smallest absolute Gasteiger partial charge is 0.253 e. The maximum Gasteiger partial charge on any atom is 0.253 e. The predicted molar refractivity (Wildman–Crippen MR) is 93.8 cm³/mol. The van der Waals surface area contributed by atoms with Gasteiger partial charge < -0.3 is 15.6 Å². The molecule has 3 N–H and O–H groups in total. The van der Waals surface area contributed by atoms with Crippen LogP contribution in [0.15, 0.2) is 40.3 Å². The summed E-state index contributed by atoms with van der Waals surface area (Å²) >= 11 is 1.10. The zero-order valence-electron chi connectivity index (χ0n) is 13.2. The number of nitrogens with zero attached hydrogens (tertiary/aromatic N) is 3. The first-order chi connectivity index (χ1) is 11.5. The van der Waals surface area contributed by atoms with Gasteiger partial charge in [-0.1, -0.05) is 29.5 Å². The molecule has 7 nitrogen and oxygen atoms in total. The number of anilines is 2. The number of nitrogen functional groups attached to an aromatic ring is 1. The highest BCUT2D eigenvalue weighted by Gasteiger charge is 2.16. The lowest BCUT2D eigenvalue weighted by Crippen LogP contribution is -2.33. The van der Waals surface area contributed by atoms with Gasteiger partial charge in [0.25, 0.3) is 5.56 Å². The van der Waals surface area contributed by atoms with Crippen molar-refractivity contribution in [3.8, 4) is 6.07 Å². The molecule has 0 bridgehead atoms. The van der Waals surface area contributed by atoms with Gasteiger partial charge in [-0.3, -0.25) is 9.59 Å². The summed E-state index contributed by atoms with van der Waals surface area (Å²) in [6.45, 7) is 2.27. The number of thioether (sulfide) groups is 1. The molecular weight excluding hydrogens is 326 g/mol. The molecular formula is C16H17N5O2S. The summed E-state index contributed by atoms with van der Waals surface area (Å²) in [4.78, 5) is 31.9. The third-order valence-electron chi connectivity index (χ3n) is 3.17. The van der Waals surface area contributed by atoms with Gasteiger partial charge in [-0.05, 0) is 19.1 Å². The van der Waals surface area contributed by atoms with Crippen molar-refractivity contribution in [2.24, 2.45) is 0 Å². The first-order valence-corrected chi connectivity index (χ1v) is 8.22. The van der Waals surface area contributed by atoms with Crippen molar-refractivity contribution in [2.75, 3.05) is 22.9 Å². The van der Waals surface area contributed by atoms with Crippen LogP contribution in [0.25, 0.3) is 0 Å². The minimum Gasteiger partial charge on any atom is -0.383 e. The van der Waals surface area contributed by atoms with Gasteiger partial charge in [0.2, 0.25) is 5.91 Å². The summed E-state index contributed by atoms with van der Waals surface area (Å²) in [7, 11) is 0. The number of aromatic nitrogens is 2. The van der Waals surface area contributed by atoms with E-state index in [4.69, 9.17) is 11.0 Å². The number of carbonyl (C=O) groups is 1. The number of nitrogens with one attached hydrogen (secondary N) is 1. The molecule has 0 saturated carbocycles. The Balaban J connectivity index is 2.11. The van der Waals surface area contributed by atoms with Crippen molar-refractivity contribution in [3.63, 3.8) is 0 Å². The maximum absolute atomic E-state index is 12.5. The van der Waals surface area contributed by atoms with E-state index in [1.165, 1.54) is 6.07 Å². The van der Waals surface area contributed by atoms with Crippen LogP contribution in [0, 0.1) is 18.3 Å². The Labute approximate surface area is 143 Å². The number of carbonyl (C=O) groups excluding carboxylic acids is 1. The van der Waals surface area contributed by atoms with Gasteiger partial charge in [-0.25, -0.2) is 4.98 Å². The first kappa shape index (κ1) is 17.6. The van der Waals surface area contributed by atoms with Gasteiger partial charge in [0.1, 0.15) is 5.82 Å². The summed E-state index contributed by atoms with van der Waals surface area (Å²) in [6.07, 6.45) is 0.234. The summed E-state index contributed by atoms with van der Waals surface area (Å²) in [6, 6.07) is 10.7. The zero-order valence-corrected chi connectivity index (χ0v) is 14.0. The normalized spacial score (nSPS) is 10.2. The van der Waals surface area contributed by atoms with Crippen LogP contribution in [0.3, 0.4) is 0 Å². The Morgan fingerprint density at radius 3 is 2.75 bits per heavy atom. The highest BCUT2D eigenvalue weighted by molar-refractivity contribution is 7.99. The molecule has 124 valence electrons. The summed E-state index contributed by atoms with van der Waals surface area (Å²) in [5.41, 5.74) is 6.97. The average Bonchev–Trinajstić information content (AvgIpc) is 2.54. The van der Waals surface area contributed by atoms with Crippen molar-refractivity contribution in [2.45, 2.75) is 18.5 Å². The number of hydrogen-bond acceptors (Lipinski definition) is 6. The number of amides is 1. The average molecular weight is 343 g/mol. The van der Waals surface area contributed by atoms with Crippen LogP contribution in [0.5, 0.6) is 0 Å². The predicted octanol–water partition coefficient (Wildman–Crippen LogP) is 1.70. The van der Waals surface area contributed by atoms with Gasteiger partial charge in [-0.2, -0.15) is 5.26 Å². The zero-order chi connectivity index (χ0) is 17.5. The van der Waals surface area contributed by atoms with Crippen molar-refractivity contribution < 1.29 is 4.79 Å². The number of rotatable bonds is 6. The molecule has 0 aliphatic carbocycles. The second-order valence-corrected chi connectivity index (χ2v) is 6.02. The molecule has 1 amide bonds. The highest BCUT2D eigenvalue weighted by Crippen LogP contribution is 2.19. The second-order valence-electron chi connectivity index (χ2n) is 5.05. The minimum atomic E-state index is -0.364. The van der Waals surface area contributed by atoms with Crippen molar-refractivity contribution in [1.29, 1.82) is 5.26 Å². The number of nitrogens with two attached hydrogens (primary N) is 1. The fraction of sp³-hybridized carbons (Fsp3) is 0.250. The summed E-state index contributed by atoms with van der Waals surface area (Å²) in [5.74, 6) is 0.00357. The molecule has 1 aromatic carbocycles. The van der Waals surface area contributed by atoms with E-state index in [9.17, 15) is 9.59 Å². The van der Waals surface area contributed by atoms with Gasteiger partial charge in [0, 0.05) is 18.3 Å². The number of aromatic amines is 1. The molecule has 24 heavy (non-hydrogen) atoms. The van der Waals surface area contributed by atoms with Gasteiger partial charge in [0.15, 0.2) is 5.16 Å². The fourth-order valence-corrected chi connectivity index (χ4v) is 2.77. The standard InChI is InChI=1S/C16H17N5O2S/c1-11-3-5-12(6-4-11)21(8-2-7-17)15(23)10-24-16-19-13(18)9-14(22)20-16/h3-6,9H,2,8,10H2,1H3,(H3,18,19,20,22). The molecule has 0 aliphatic rings. The number of nitriles is 1. The van der Waals surface area contributed by atoms with E-state index in [0.29, 0.717) is 6.54 Å². The van der Waals surface area contributed by atoms with E-state index in [2.05, 4.69) is 9.97 Å². The lowest BCUT2D eigenvalue weighted by atomic mass is 10.2. The number of benzene rings is 1. The topological polar surface area (TPSA) is 116 Å². The van der Waals surface area contributed by atoms with Gasteiger partial charge >= 0.3 is 0 Å².